The summed E-state index contributed by atoms with van der Waals surface area (Å²) in [6, 6.07) is 17.0. The van der Waals surface area contributed by atoms with Crippen LogP contribution < -0.4 is 14.9 Å². The summed E-state index contributed by atoms with van der Waals surface area (Å²) in [6.45, 7) is 0.882. The van der Waals surface area contributed by atoms with Crippen molar-refractivity contribution in [1.82, 2.24) is 5.43 Å². The molecule has 0 fully saturated rings. The van der Waals surface area contributed by atoms with Crippen molar-refractivity contribution < 1.29 is 9.47 Å². The van der Waals surface area contributed by atoms with Crippen molar-refractivity contribution in [2.75, 3.05) is 7.11 Å². The van der Waals surface area contributed by atoms with Crippen LogP contribution in [-0.4, -0.2) is 13.3 Å². The van der Waals surface area contributed by atoms with Crippen LogP contribution in [-0.2, 0) is 13.2 Å². The molecule has 3 rings (SSSR count). The van der Waals surface area contributed by atoms with Crippen LogP contribution in [0.2, 0.25) is 10.0 Å². The minimum absolute atomic E-state index is 0.321. The number of nitrogens with one attached hydrogen (secondary N) is 1. The Hall–Kier alpha value is -1.73. The van der Waals surface area contributed by atoms with Gasteiger partial charge < -0.3 is 14.9 Å². The number of nitrogens with zero attached hydrogens (tertiary/aromatic N) is 1. The summed E-state index contributed by atoms with van der Waals surface area (Å²) in [4.78, 5) is 0. The average Bonchev–Trinajstić information content (AvgIpc) is 2.72. The Bertz CT molecular complexity index is 1040. The van der Waals surface area contributed by atoms with Crippen LogP contribution in [0.15, 0.2) is 68.6 Å². The minimum atomic E-state index is 0.321. The van der Waals surface area contributed by atoms with E-state index < -0.39 is 0 Å². The lowest BCUT2D eigenvalue weighted by molar-refractivity contribution is 0.302. The first-order chi connectivity index (χ1) is 14.5. The molecule has 0 bridgehead atoms. The van der Waals surface area contributed by atoms with Gasteiger partial charge in [-0.3, -0.25) is 0 Å². The number of halogens is 4. The normalized spacial score (nSPS) is 11.0. The van der Waals surface area contributed by atoms with E-state index in [0.29, 0.717) is 28.9 Å². The van der Waals surface area contributed by atoms with E-state index in [9.17, 15) is 0 Å². The maximum atomic E-state index is 6.21. The fourth-order valence-corrected chi connectivity index (χ4v) is 4.59. The second kappa shape index (κ2) is 11.0. The fraction of sp³-hybridized carbons (Fsp3) is 0.136. The number of methoxy groups -OCH3 is 1. The number of ether oxygens (including phenoxy) is 2. The van der Waals surface area contributed by atoms with Gasteiger partial charge in [0.1, 0.15) is 18.1 Å². The summed E-state index contributed by atoms with van der Waals surface area (Å²) in [7, 11) is 1.65. The first-order valence-electron chi connectivity index (χ1n) is 8.91. The summed E-state index contributed by atoms with van der Waals surface area (Å²) in [5.74, 6) is 1.51. The van der Waals surface area contributed by atoms with E-state index in [2.05, 4.69) is 42.4 Å². The van der Waals surface area contributed by atoms with E-state index in [-0.39, 0.29) is 0 Å². The summed E-state index contributed by atoms with van der Waals surface area (Å²) in [5.41, 5.74) is 5.82. The molecule has 0 amide bonds. The zero-order chi connectivity index (χ0) is 21.5. The van der Waals surface area contributed by atoms with Gasteiger partial charge in [0.15, 0.2) is 0 Å². The van der Waals surface area contributed by atoms with Gasteiger partial charge in [-0.1, -0.05) is 47.5 Å². The van der Waals surface area contributed by atoms with E-state index in [1.54, 1.807) is 25.5 Å². The van der Waals surface area contributed by atoms with E-state index in [1.807, 2.05) is 42.5 Å². The largest absolute Gasteiger partial charge is 0.496 e. The number of hydrogen-bond acceptors (Lipinski definition) is 4. The topological polar surface area (TPSA) is 42.8 Å². The molecule has 156 valence electrons. The molecule has 4 nitrogen and oxygen atoms in total. The first kappa shape index (κ1) is 22.9. The molecule has 0 atom stereocenters. The van der Waals surface area contributed by atoms with Crippen LogP contribution in [0.3, 0.4) is 0 Å². The summed E-state index contributed by atoms with van der Waals surface area (Å²) < 4.78 is 12.9. The summed E-state index contributed by atoms with van der Waals surface area (Å²) in [5, 5.41) is 5.46. The second-order valence-electron chi connectivity index (χ2n) is 6.24. The van der Waals surface area contributed by atoms with Gasteiger partial charge in [0, 0.05) is 21.2 Å². The first-order valence-corrected chi connectivity index (χ1v) is 11.3. The standard InChI is InChI=1S/C22H18Br2Cl2N2O2/c1-29-21-5-3-2-4-15(21)12-28-27-11-14-8-18(23)22(19(24)9-14)30-13-16-6-7-17(25)10-20(16)26/h2-11,28H,12-13H2,1H3/b27-11-. The molecule has 8 heteroatoms. The van der Waals surface area contributed by atoms with Gasteiger partial charge in [-0.25, -0.2) is 0 Å². The number of rotatable bonds is 8. The molecule has 3 aromatic carbocycles. The van der Waals surface area contributed by atoms with Crippen molar-refractivity contribution in [2.45, 2.75) is 13.2 Å². The molecule has 0 aromatic heterocycles. The molecule has 0 aliphatic carbocycles. The van der Waals surface area contributed by atoms with E-state index in [4.69, 9.17) is 32.7 Å². The number of para-hydroxylation sites is 1. The van der Waals surface area contributed by atoms with E-state index in [1.165, 1.54) is 0 Å². The molecular weight excluding hydrogens is 555 g/mol. The number of hydrazone groups is 1. The zero-order valence-electron chi connectivity index (χ0n) is 16.0. The summed E-state index contributed by atoms with van der Waals surface area (Å²) >= 11 is 19.3. The molecular formula is C22H18Br2Cl2N2O2. The van der Waals surface area contributed by atoms with Gasteiger partial charge in [-0.05, 0) is 67.8 Å². The Morgan fingerprint density at radius 3 is 2.43 bits per heavy atom. The van der Waals surface area contributed by atoms with Crippen LogP contribution in [0.4, 0.5) is 0 Å². The lowest BCUT2D eigenvalue weighted by atomic mass is 10.2. The maximum Gasteiger partial charge on any atom is 0.148 e. The predicted molar refractivity (Wildman–Crippen MR) is 130 cm³/mol. The Kier molecular flexibility index (Phi) is 8.45. The molecule has 0 saturated carbocycles. The molecule has 0 spiro atoms. The fourth-order valence-electron chi connectivity index (χ4n) is 2.68. The van der Waals surface area contributed by atoms with Crippen molar-refractivity contribution in [3.8, 4) is 11.5 Å². The molecule has 0 aliphatic rings. The van der Waals surface area contributed by atoms with Crippen molar-refractivity contribution >= 4 is 61.3 Å². The summed E-state index contributed by atoms with van der Waals surface area (Å²) in [6.07, 6.45) is 1.74. The lowest BCUT2D eigenvalue weighted by Crippen LogP contribution is -2.07. The van der Waals surface area contributed by atoms with Crippen LogP contribution >= 0.6 is 55.1 Å². The Morgan fingerprint density at radius 2 is 1.73 bits per heavy atom. The number of hydrogen-bond donors (Lipinski definition) is 1. The smallest absolute Gasteiger partial charge is 0.148 e. The van der Waals surface area contributed by atoms with E-state index in [0.717, 1.165) is 31.4 Å². The van der Waals surface area contributed by atoms with E-state index >= 15 is 0 Å². The molecule has 0 saturated heterocycles. The molecule has 0 heterocycles. The third-order valence-corrected chi connectivity index (χ3v) is 5.94. The highest BCUT2D eigenvalue weighted by atomic mass is 79.9. The third kappa shape index (κ3) is 6.14. The monoisotopic (exact) mass is 570 g/mol. The van der Waals surface area contributed by atoms with Crippen LogP contribution in [0.1, 0.15) is 16.7 Å². The third-order valence-electron chi connectivity index (χ3n) is 4.17. The highest BCUT2D eigenvalue weighted by Crippen LogP contribution is 2.35. The van der Waals surface area contributed by atoms with Crippen molar-refractivity contribution in [3.63, 3.8) is 0 Å². The predicted octanol–water partition coefficient (Wildman–Crippen LogP) is 7.23. The van der Waals surface area contributed by atoms with Gasteiger partial charge in [-0.15, -0.1) is 0 Å². The Morgan fingerprint density at radius 1 is 1.00 bits per heavy atom. The highest BCUT2D eigenvalue weighted by Gasteiger charge is 2.10. The van der Waals surface area contributed by atoms with Crippen LogP contribution in [0, 0.1) is 0 Å². The van der Waals surface area contributed by atoms with Gasteiger partial charge in [0.2, 0.25) is 0 Å². The molecule has 0 radical (unpaired) electrons. The zero-order valence-corrected chi connectivity index (χ0v) is 20.6. The molecule has 1 N–H and O–H groups in total. The van der Waals surface area contributed by atoms with Crippen molar-refractivity contribution in [2.24, 2.45) is 5.10 Å². The molecule has 30 heavy (non-hydrogen) atoms. The lowest BCUT2D eigenvalue weighted by Gasteiger charge is -2.12. The van der Waals surface area contributed by atoms with Gasteiger partial charge in [0.05, 0.1) is 28.8 Å². The van der Waals surface area contributed by atoms with Crippen molar-refractivity contribution in [1.29, 1.82) is 0 Å². The van der Waals surface area contributed by atoms with Gasteiger partial charge in [0.25, 0.3) is 0 Å². The SMILES string of the molecule is COc1ccccc1CN/N=C\c1cc(Br)c(OCc2ccc(Cl)cc2Cl)c(Br)c1. The minimum Gasteiger partial charge on any atom is -0.496 e. The Labute approximate surface area is 202 Å². The van der Waals surface area contributed by atoms with Gasteiger partial charge in [-0.2, -0.15) is 5.10 Å². The molecule has 0 unspecified atom stereocenters. The van der Waals surface area contributed by atoms with Crippen LogP contribution in [0.5, 0.6) is 11.5 Å². The van der Waals surface area contributed by atoms with Crippen LogP contribution in [0.25, 0.3) is 0 Å². The number of benzene rings is 3. The maximum absolute atomic E-state index is 6.21. The molecule has 3 aromatic rings. The van der Waals surface area contributed by atoms with Crippen molar-refractivity contribution in [3.05, 3.63) is 90.3 Å². The quantitative estimate of drug-likeness (QED) is 0.229. The second-order valence-corrected chi connectivity index (χ2v) is 8.80. The Balaban J connectivity index is 1.63. The molecule has 0 aliphatic heterocycles. The highest BCUT2D eigenvalue weighted by molar-refractivity contribution is 9.11. The van der Waals surface area contributed by atoms with Gasteiger partial charge >= 0.3 is 0 Å². The average molecular weight is 573 g/mol.